The summed E-state index contributed by atoms with van der Waals surface area (Å²) in [6.07, 6.45) is 0. The summed E-state index contributed by atoms with van der Waals surface area (Å²) >= 11 is 0. The molecule has 2 nitrogen and oxygen atoms in total. The molecule has 0 heterocycles. The summed E-state index contributed by atoms with van der Waals surface area (Å²) in [4.78, 5) is 0. The Bertz CT molecular complexity index is 471. The molecule has 2 aromatic rings. The van der Waals surface area contributed by atoms with Crippen molar-refractivity contribution in [2.45, 2.75) is 0 Å². The smallest absolute Gasteiger partial charge is 0.126 e. The minimum absolute atomic E-state index is 0. The molecular formula is C13H14ClNO. The van der Waals surface area contributed by atoms with Crippen molar-refractivity contribution in [2.75, 3.05) is 12.8 Å². The molecule has 0 bridgehead atoms. The zero-order valence-corrected chi connectivity index (χ0v) is 9.83. The van der Waals surface area contributed by atoms with Crippen molar-refractivity contribution in [1.29, 1.82) is 0 Å². The van der Waals surface area contributed by atoms with Crippen LogP contribution in [0.15, 0.2) is 48.5 Å². The van der Waals surface area contributed by atoms with Gasteiger partial charge >= 0.3 is 0 Å². The first-order chi connectivity index (χ1) is 7.33. The van der Waals surface area contributed by atoms with Gasteiger partial charge in [-0.2, -0.15) is 0 Å². The zero-order valence-electron chi connectivity index (χ0n) is 9.01. The van der Waals surface area contributed by atoms with Gasteiger partial charge in [-0.25, -0.2) is 0 Å². The van der Waals surface area contributed by atoms with Gasteiger partial charge in [0.2, 0.25) is 0 Å². The van der Waals surface area contributed by atoms with Crippen LogP contribution in [0, 0.1) is 0 Å². The molecule has 2 rings (SSSR count). The van der Waals surface area contributed by atoms with Gasteiger partial charge in [0.05, 0.1) is 7.11 Å². The molecule has 0 spiro atoms. The molecule has 0 aromatic heterocycles. The number of halogens is 1. The highest BCUT2D eigenvalue weighted by molar-refractivity contribution is 5.85. The van der Waals surface area contributed by atoms with E-state index in [1.54, 1.807) is 7.11 Å². The molecule has 84 valence electrons. The third-order valence-corrected chi connectivity index (χ3v) is 2.36. The highest BCUT2D eigenvalue weighted by Crippen LogP contribution is 2.32. The van der Waals surface area contributed by atoms with E-state index in [4.69, 9.17) is 10.5 Å². The molecule has 0 aliphatic carbocycles. The maximum Gasteiger partial charge on any atom is 0.126 e. The van der Waals surface area contributed by atoms with E-state index in [1.807, 2.05) is 48.5 Å². The van der Waals surface area contributed by atoms with Crippen LogP contribution >= 0.6 is 12.4 Å². The van der Waals surface area contributed by atoms with Gasteiger partial charge in [0.25, 0.3) is 0 Å². The van der Waals surface area contributed by atoms with Gasteiger partial charge in [-0.05, 0) is 12.1 Å². The number of nitrogens with two attached hydrogens (primary N) is 1. The fourth-order valence-corrected chi connectivity index (χ4v) is 1.61. The zero-order chi connectivity index (χ0) is 10.7. The van der Waals surface area contributed by atoms with Crippen LogP contribution in [-0.4, -0.2) is 7.11 Å². The summed E-state index contributed by atoms with van der Waals surface area (Å²) in [5, 5.41) is 0. The molecule has 0 radical (unpaired) electrons. The van der Waals surface area contributed by atoms with Crippen LogP contribution in [-0.2, 0) is 0 Å². The highest BCUT2D eigenvalue weighted by atomic mass is 35.5. The van der Waals surface area contributed by atoms with Crippen molar-refractivity contribution < 1.29 is 4.74 Å². The predicted octanol–water partition coefficient (Wildman–Crippen LogP) is 3.37. The summed E-state index contributed by atoms with van der Waals surface area (Å²) in [5.74, 6) is 0.843. The molecule has 2 N–H and O–H groups in total. The molecule has 0 saturated carbocycles. The van der Waals surface area contributed by atoms with Crippen molar-refractivity contribution in [3.05, 3.63) is 48.5 Å². The van der Waals surface area contributed by atoms with Gasteiger partial charge in [-0.3, -0.25) is 0 Å². The van der Waals surface area contributed by atoms with Crippen molar-refractivity contribution >= 4 is 18.1 Å². The van der Waals surface area contributed by atoms with Gasteiger partial charge in [0, 0.05) is 16.8 Å². The summed E-state index contributed by atoms with van der Waals surface area (Å²) in [6.45, 7) is 0. The van der Waals surface area contributed by atoms with Crippen LogP contribution in [0.25, 0.3) is 11.1 Å². The van der Waals surface area contributed by atoms with Crippen molar-refractivity contribution in [3.8, 4) is 16.9 Å². The van der Waals surface area contributed by atoms with E-state index >= 15 is 0 Å². The topological polar surface area (TPSA) is 35.2 Å². The van der Waals surface area contributed by atoms with Gasteiger partial charge in [-0.1, -0.05) is 36.4 Å². The number of nitrogen functional groups attached to an aromatic ring is 1. The van der Waals surface area contributed by atoms with E-state index in [-0.39, 0.29) is 12.4 Å². The van der Waals surface area contributed by atoms with Gasteiger partial charge in [0.15, 0.2) is 0 Å². The van der Waals surface area contributed by atoms with Crippen LogP contribution in [0.1, 0.15) is 0 Å². The van der Waals surface area contributed by atoms with E-state index in [0.717, 1.165) is 22.6 Å². The van der Waals surface area contributed by atoms with E-state index in [9.17, 15) is 0 Å². The number of hydrogen-bond acceptors (Lipinski definition) is 2. The van der Waals surface area contributed by atoms with Crippen LogP contribution in [0.3, 0.4) is 0 Å². The minimum atomic E-state index is 0. The fourth-order valence-electron chi connectivity index (χ4n) is 1.61. The van der Waals surface area contributed by atoms with Crippen molar-refractivity contribution in [2.24, 2.45) is 0 Å². The lowest BCUT2D eigenvalue weighted by Gasteiger charge is -2.09. The first-order valence-electron chi connectivity index (χ1n) is 4.81. The molecule has 3 heteroatoms. The number of para-hydroxylation sites is 2. The average molecular weight is 236 g/mol. The summed E-state index contributed by atoms with van der Waals surface area (Å²) in [6, 6.07) is 15.6. The largest absolute Gasteiger partial charge is 0.496 e. The third-order valence-electron chi connectivity index (χ3n) is 2.36. The number of benzene rings is 2. The quantitative estimate of drug-likeness (QED) is 0.810. The Labute approximate surface area is 101 Å². The first-order valence-corrected chi connectivity index (χ1v) is 4.81. The Balaban J connectivity index is 0.00000128. The van der Waals surface area contributed by atoms with Gasteiger partial charge < -0.3 is 10.5 Å². The Morgan fingerprint density at radius 1 is 0.875 bits per heavy atom. The van der Waals surface area contributed by atoms with Crippen molar-refractivity contribution in [3.63, 3.8) is 0 Å². The summed E-state index contributed by atoms with van der Waals surface area (Å²) < 4.78 is 5.30. The maximum absolute atomic E-state index is 5.92. The summed E-state index contributed by atoms with van der Waals surface area (Å²) in [7, 11) is 1.66. The molecule has 0 fully saturated rings. The van der Waals surface area contributed by atoms with Gasteiger partial charge in [-0.15, -0.1) is 12.4 Å². The lowest BCUT2D eigenvalue weighted by Crippen LogP contribution is -1.92. The van der Waals surface area contributed by atoms with E-state index in [1.165, 1.54) is 0 Å². The predicted molar refractivity (Wildman–Crippen MR) is 70.1 cm³/mol. The average Bonchev–Trinajstić information content (AvgIpc) is 2.30. The Morgan fingerprint density at radius 2 is 1.44 bits per heavy atom. The lowest BCUT2D eigenvalue weighted by atomic mass is 10.0. The molecule has 0 aliphatic heterocycles. The fraction of sp³-hybridized carbons (Fsp3) is 0.0769. The number of rotatable bonds is 2. The molecule has 0 amide bonds. The van der Waals surface area contributed by atoms with E-state index in [2.05, 4.69) is 0 Å². The first kappa shape index (κ1) is 12.4. The van der Waals surface area contributed by atoms with E-state index in [0.29, 0.717) is 0 Å². The lowest BCUT2D eigenvalue weighted by molar-refractivity contribution is 0.416. The van der Waals surface area contributed by atoms with Crippen LogP contribution in [0.4, 0.5) is 5.69 Å². The molecule has 16 heavy (non-hydrogen) atoms. The molecule has 2 aromatic carbocycles. The van der Waals surface area contributed by atoms with Gasteiger partial charge in [0.1, 0.15) is 5.75 Å². The monoisotopic (exact) mass is 235 g/mol. The number of anilines is 1. The second-order valence-electron chi connectivity index (χ2n) is 3.29. The standard InChI is InChI=1S/C13H13NO.ClH/c1-15-13-9-5-3-7-11(13)10-6-2-4-8-12(10)14;/h2-9H,14H2,1H3;1H. The minimum Gasteiger partial charge on any atom is -0.496 e. The second-order valence-corrected chi connectivity index (χ2v) is 3.29. The Hall–Kier alpha value is -1.67. The van der Waals surface area contributed by atoms with Crippen LogP contribution in [0.2, 0.25) is 0 Å². The third kappa shape index (κ3) is 2.28. The van der Waals surface area contributed by atoms with Crippen LogP contribution < -0.4 is 10.5 Å². The Kier molecular flexibility index (Phi) is 4.20. The second kappa shape index (κ2) is 5.42. The van der Waals surface area contributed by atoms with Crippen molar-refractivity contribution in [1.82, 2.24) is 0 Å². The molecule has 0 unspecified atom stereocenters. The van der Waals surface area contributed by atoms with Crippen LogP contribution in [0.5, 0.6) is 5.75 Å². The molecule has 0 saturated heterocycles. The SMILES string of the molecule is COc1ccccc1-c1ccccc1N.Cl. The maximum atomic E-state index is 5.92. The molecule has 0 atom stereocenters. The van der Waals surface area contributed by atoms with E-state index < -0.39 is 0 Å². The highest BCUT2D eigenvalue weighted by Gasteiger charge is 2.06. The molecule has 0 aliphatic rings. The Morgan fingerprint density at radius 3 is 2.06 bits per heavy atom. The molecular weight excluding hydrogens is 222 g/mol. The summed E-state index contributed by atoms with van der Waals surface area (Å²) in [5.41, 5.74) is 8.72. The number of methoxy groups -OCH3 is 1. The normalized spacial score (nSPS) is 9.31. The number of hydrogen-bond donors (Lipinski definition) is 1. The number of ether oxygens (including phenoxy) is 1.